The minimum atomic E-state index is -0.465. The van der Waals surface area contributed by atoms with Gasteiger partial charge in [0.05, 0.1) is 12.6 Å². The Labute approximate surface area is 141 Å². The van der Waals surface area contributed by atoms with Gasteiger partial charge in [-0.25, -0.2) is 9.98 Å². The first-order valence-corrected chi connectivity index (χ1v) is 8.67. The molecule has 3 N–H and O–H groups in total. The molecule has 1 aromatic carbocycles. The first-order chi connectivity index (χ1) is 11.2. The van der Waals surface area contributed by atoms with Gasteiger partial charge in [0.15, 0.2) is 5.96 Å². The molecule has 2 rings (SSSR count). The van der Waals surface area contributed by atoms with Gasteiger partial charge in [-0.3, -0.25) is 0 Å². The summed E-state index contributed by atoms with van der Waals surface area (Å²) in [6.07, 6.45) is 2.03. The zero-order valence-corrected chi connectivity index (χ0v) is 14.4. The summed E-state index contributed by atoms with van der Waals surface area (Å²) in [6, 6.07) is 9.70. The minimum absolute atomic E-state index is 0.465. The van der Waals surface area contributed by atoms with E-state index in [2.05, 4.69) is 20.6 Å². The molecule has 5 nitrogen and oxygen atoms in total. The van der Waals surface area contributed by atoms with Gasteiger partial charge in [-0.15, -0.1) is 11.3 Å². The molecule has 2 aromatic rings. The summed E-state index contributed by atoms with van der Waals surface area (Å²) in [6.45, 7) is 6.08. The van der Waals surface area contributed by atoms with Gasteiger partial charge in [0.2, 0.25) is 0 Å². The first-order valence-electron chi connectivity index (χ1n) is 7.85. The van der Waals surface area contributed by atoms with Crippen LogP contribution in [0.5, 0.6) is 0 Å². The number of benzene rings is 1. The number of aliphatic hydroxyl groups is 1. The molecule has 0 aliphatic rings. The maximum Gasteiger partial charge on any atom is 0.191 e. The quantitative estimate of drug-likeness (QED) is 0.538. The van der Waals surface area contributed by atoms with Crippen molar-refractivity contribution < 1.29 is 5.11 Å². The smallest absolute Gasteiger partial charge is 0.191 e. The van der Waals surface area contributed by atoms with E-state index in [4.69, 9.17) is 0 Å². The maximum absolute atomic E-state index is 10.2. The SMILES string of the molecule is CCNC(=NCc1ncc(C)s1)NCCC(O)c1ccccc1. The molecule has 1 aromatic heterocycles. The molecule has 23 heavy (non-hydrogen) atoms. The summed E-state index contributed by atoms with van der Waals surface area (Å²) in [5.74, 6) is 0.751. The number of hydrogen-bond donors (Lipinski definition) is 3. The van der Waals surface area contributed by atoms with Crippen LogP contribution in [0.15, 0.2) is 41.5 Å². The van der Waals surface area contributed by atoms with Gasteiger partial charge >= 0.3 is 0 Å². The molecular weight excluding hydrogens is 308 g/mol. The summed E-state index contributed by atoms with van der Waals surface area (Å²) in [5, 5.41) is 17.6. The van der Waals surface area contributed by atoms with Crippen molar-refractivity contribution in [2.45, 2.75) is 32.9 Å². The number of thiazole rings is 1. The fourth-order valence-corrected chi connectivity index (χ4v) is 2.84. The second-order valence-electron chi connectivity index (χ2n) is 5.20. The standard InChI is InChI=1S/C17H24N4OS/c1-3-18-17(21-12-16-20-11-13(2)23-16)19-10-9-15(22)14-7-5-4-6-8-14/h4-8,11,15,22H,3,9-10,12H2,1-2H3,(H2,18,19,21). The number of rotatable bonds is 7. The van der Waals surface area contributed by atoms with Crippen LogP contribution in [0.1, 0.15) is 34.9 Å². The second kappa shape index (κ2) is 9.27. The van der Waals surface area contributed by atoms with Crippen molar-refractivity contribution in [3.63, 3.8) is 0 Å². The lowest BCUT2D eigenvalue weighted by Gasteiger charge is -2.14. The van der Waals surface area contributed by atoms with Crippen LogP contribution in [0.2, 0.25) is 0 Å². The highest BCUT2D eigenvalue weighted by Gasteiger charge is 2.07. The molecule has 1 atom stereocenters. The molecule has 1 unspecified atom stereocenters. The van der Waals surface area contributed by atoms with Crippen molar-refractivity contribution >= 4 is 17.3 Å². The van der Waals surface area contributed by atoms with Crippen LogP contribution >= 0.6 is 11.3 Å². The molecular formula is C17H24N4OS. The van der Waals surface area contributed by atoms with Crippen LogP contribution in [0.4, 0.5) is 0 Å². The molecule has 0 saturated heterocycles. The number of aromatic nitrogens is 1. The van der Waals surface area contributed by atoms with Crippen LogP contribution in [-0.4, -0.2) is 29.1 Å². The fourth-order valence-electron chi connectivity index (χ4n) is 2.13. The van der Waals surface area contributed by atoms with E-state index in [-0.39, 0.29) is 0 Å². The Morgan fingerprint density at radius 3 is 2.74 bits per heavy atom. The third-order valence-electron chi connectivity index (χ3n) is 3.28. The molecule has 0 aliphatic carbocycles. The highest BCUT2D eigenvalue weighted by atomic mass is 32.1. The van der Waals surface area contributed by atoms with Gasteiger partial charge in [0.25, 0.3) is 0 Å². The number of nitrogens with zero attached hydrogens (tertiary/aromatic N) is 2. The molecule has 0 aliphatic heterocycles. The molecule has 0 radical (unpaired) electrons. The molecule has 1 heterocycles. The van der Waals surface area contributed by atoms with Crippen molar-refractivity contribution in [3.8, 4) is 0 Å². The van der Waals surface area contributed by atoms with Crippen LogP contribution in [0.3, 0.4) is 0 Å². The highest BCUT2D eigenvalue weighted by molar-refractivity contribution is 7.11. The number of aliphatic imine (C=N–C) groups is 1. The number of nitrogens with one attached hydrogen (secondary N) is 2. The summed E-state index contributed by atoms with van der Waals surface area (Å²) >= 11 is 1.66. The van der Waals surface area contributed by atoms with Crippen LogP contribution in [-0.2, 0) is 6.54 Å². The number of aryl methyl sites for hydroxylation is 1. The van der Waals surface area contributed by atoms with E-state index in [0.717, 1.165) is 23.1 Å². The number of hydrogen-bond acceptors (Lipinski definition) is 4. The topological polar surface area (TPSA) is 69.5 Å². The lowest BCUT2D eigenvalue weighted by atomic mass is 10.1. The van der Waals surface area contributed by atoms with Gasteiger partial charge in [-0.2, -0.15) is 0 Å². The van der Waals surface area contributed by atoms with E-state index >= 15 is 0 Å². The van der Waals surface area contributed by atoms with E-state index in [1.165, 1.54) is 4.88 Å². The van der Waals surface area contributed by atoms with Crippen LogP contribution < -0.4 is 10.6 Å². The average Bonchev–Trinajstić information content (AvgIpc) is 2.99. The second-order valence-corrected chi connectivity index (χ2v) is 6.52. The van der Waals surface area contributed by atoms with Gasteiger partial charge in [0.1, 0.15) is 5.01 Å². The Hall–Kier alpha value is -1.92. The lowest BCUT2D eigenvalue weighted by molar-refractivity contribution is 0.168. The van der Waals surface area contributed by atoms with E-state index in [1.807, 2.05) is 50.4 Å². The third-order valence-corrected chi connectivity index (χ3v) is 4.18. The molecule has 0 spiro atoms. The summed E-state index contributed by atoms with van der Waals surface area (Å²) in [7, 11) is 0. The van der Waals surface area contributed by atoms with Crippen molar-refractivity contribution in [2.75, 3.05) is 13.1 Å². The first kappa shape index (κ1) is 17.4. The van der Waals surface area contributed by atoms with Crippen LogP contribution in [0.25, 0.3) is 0 Å². The third kappa shape index (κ3) is 6.00. The Bertz CT molecular complexity index is 612. The Morgan fingerprint density at radius 2 is 2.09 bits per heavy atom. The largest absolute Gasteiger partial charge is 0.388 e. The summed E-state index contributed by atoms with van der Waals surface area (Å²) in [5.41, 5.74) is 0.939. The Kier molecular flexibility index (Phi) is 7.03. The van der Waals surface area contributed by atoms with Crippen molar-refractivity contribution in [3.05, 3.63) is 52.0 Å². The fraction of sp³-hybridized carbons (Fsp3) is 0.412. The summed E-state index contributed by atoms with van der Waals surface area (Å²) < 4.78 is 0. The van der Waals surface area contributed by atoms with Gasteiger partial charge < -0.3 is 15.7 Å². The van der Waals surface area contributed by atoms with Gasteiger partial charge in [0, 0.05) is 24.2 Å². The predicted molar refractivity (Wildman–Crippen MR) is 95.7 cm³/mol. The lowest BCUT2D eigenvalue weighted by Crippen LogP contribution is -2.38. The van der Waals surface area contributed by atoms with E-state index in [0.29, 0.717) is 19.5 Å². The number of guanidine groups is 1. The van der Waals surface area contributed by atoms with Gasteiger partial charge in [-0.05, 0) is 25.8 Å². The molecule has 124 valence electrons. The van der Waals surface area contributed by atoms with E-state index < -0.39 is 6.10 Å². The highest BCUT2D eigenvalue weighted by Crippen LogP contribution is 2.15. The molecule has 0 bridgehead atoms. The van der Waals surface area contributed by atoms with Gasteiger partial charge in [-0.1, -0.05) is 30.3 Å². The molecule has 0 amide bonds. The average molecular weight is 332 g/mol. The van der Waals surface area contributed by atoms with Crippen molar-refractivity contribution in [1.29, 1.82) is 0 Å². The number of aliphatic hydroxyl groups excluding tert-OH is 1. The van der Waals surface area contributed by atoms with E-state index in [9.17, 15) is 5.11 Å². The minimum Gasteiger partial charge on any atom is -0.388 e. The van der Waals surface area contributed by atoms with Crippen molar-refractivity contribution in [1.82, 2.24) is 15.6 Å². The zero-order chi connectivity index (χ0) is 16.5. The summed E-state index contributed by atoms with van der Waals surface area (Å²) in [4.78, 5) is 10.0. The van der Waals surface area contributed by atoms with Crippen LogP contribution in [0, 0.1) is 6.92 Å². The van der Waals surface area contributed by atoms with E-state index in [1.54, 1.807) is 11.3 Å². The monoisotopic (exact) mass is 332 g/mol. The van der Waals surface area contributed by atoms with Crippen molar-refractivity contribution in [2.24, 2.45) is 4.99 Å². The molecule has 0 saturated carbocycles. The zero-order valence-electron chi connectivity index (χ0n) is 13.6. The normalized spacial score (nSPS) is 12.9. The molecule has 6 heteroatoms. The Morgan fingerprint density at radius 1 is 1.30 bits per heavy atom. The predicted octanol–water partition coefficient (Wildman–Crippen LogP) is 2.63. The Balaban J connectivity index is 1.82. The maximum atomic E-state index is 10.2. The molecule has 0 fully saturated rings.